The van der Waals surface area contributed by atoms with Crippen LogP contribution in [0.2, 0.25) is 0 Å². The van der Waals surface area contributed by atoms with E-state index in [9.17, 15) is 4.79 Å². The summed E-state index contributed by atoms with van der Waals surface area (Å²) in [4.78, 5) is 12.1. The average Bonchev–Trinajstić information content (AvgIpc) is 2.48. The van der Waals surface area contributed by atoms with E-state index in [1.807, 2.05) is 13.0 Å². The van der Waals surface area contributed by atoms with Gasteiger partial charge >= 0.3 is 0 Å². The molecule has 2 rings (SSSR count). The molecule has 21 heavy (non-hydrogen) atoms. The van der Waals surface area contributed by atoms with Crippen molar-refractivity contribution in [1.29, 1.82) is 0 Å². The summed E-state index contributed by atoms with van der Waals surface area (Å²) in [6.45, 7) is 6.76. The summed E-state index contributed by atoms with van der Waals surface area (Å²) in [7, 11) is 0. The van der Waals surface area contributed by atoms with Crippen molar-refractivity contribution in [3.63, 3.8) is 0 Å². The van der Waals surface area contributed by atoms with Gasteiger partial charge < -0.3 is 11.1 Å². The molecule has 2 aromatic rings. The van der Waals surface area contributed by atoms with Crippen molar-refractivity contribution in [1.82, 2.24) is 5.32 Å². The molecule has 0 bridgehead atoms. The lowest BCUT2D eigenvalue weighted by Crippen LogP contribution is -2.22. The van der Waals surface area contributed by atoms with Crippen molar-refractivity contribution < 1.29 is 4.79 Å². The molecular formula is C18H22N2O. The second kappa shape index (κ2) is 6.44. The Hall–Kier alpha value is -2.29. The zero-order valence-electron chi connectivity index (χ0n) is 12.8. The molecule has 0 heterocycles. The third-order valence-corrected chi connectivity index (χ3v) is 3.63. The van der Waals surface area contributed by atoms with Crippen LogP contribution < -0.4 is 11.1 Å². The number of amides is 1. The van der Waals surface area contributed by atoms with E-state index in [1.54, 1.807) is 12.1 Å². The Labute approximate surface area is 126 Å². The number of nitrogens with two attached hydrogens (primary N) is 1. The van der Waals surface area contributed by atoms with Crippen LogP contribution in [0.5, 0.6) is 0 Å². The third kappa shape index (κ3) is 3.85. The van der Waals surface area contributed by atoms with E-state index in [0.717, 1.165) is 11.1 Å². The smallest absolute Gasteiger partial charge is 0.251 e. The van der Waals surface area contributed by atoms with E-state index in [1.165, 1.54) is 5.56 Å². The predicted octanol–water partition coefficient (Wildman–Crippen LogP) is 3.63. The number of nitrogens with one attached hydrogen (secondary N) is 1. The third-order valence-electron chi connectivity index (χ3n) is 3.63. The molecule has 0 saturated heterocycles. The molecule has 0 spiro atoms. The number of nitrogen functional groups attached to an aromatic ring is 1. The number of anilines is 1. The highest BCUT2D eigenvalue weighted by Crippen LogP contribution is 2.15. The SMILES string of the molecule is Cc1cc(C(=O)NCc2ccc(C(C)C)cc2)ccc1N. The van der Waals surface area contributed by atoms with Gasteiger partial charge in [0, 0.05) is 17.8 Å². The number of rotatable bonds is 4. The average molecular weight is 282 g/mol. The molecule has 110 valence electrons. The van der Waals surface area contributed by atoms with Crippen molar-refractivity contribution in [2.24, 2.45) is 0 Å². The fraction of sp³-hybridized carbons (Fsp3) is 0.278. The predicted molar refractivity (Wildman–Crippen MR) is 87.3 cm³/mol. The van der Waals surface area contributed by atoms with Gasteiger partial charge in [-0.15, -0.1) is 0 Å². The summed E-state index contributed by atoms with van der Waals surface area (Å²) in [6.07, 6.45) is 0. The Kier molecular flexibility index (Phi) is 4.63. The van der Waals surface area contributed by atoms with E-state index in [-0.39, 0.29) is 5.91 Å². The lowest BCUT2D eigenvalue weighted by Gasteiger charge is -2.09. The first-order chi connectivity index (χ1) is 9.97. The van der Waals surface area contributed by atoms with Crippen LogP contribution in [0.15, 0.2) is 42.5 Å². The standard InChI is InChI=1S/C18H22N2O/c1-12(2)15-6-4-14(5-7-15)11-20-18(21)16-8-9-17(19)13(3)10-16/h4-10,12H,11,19H2,1-3H3,(H,20,21). The maximum Gasteiger partial charge on any atom is 0.251 e. The van der Waals surface area contributed by atoms with E-state index in [0.29, 0.717) is 23.7 Å². The van der Waals surface area contributed by atoms with Crippen LogP contribution in [-0.2, 0) is 6.54 Å². The lowest BCUT2D eigenvalue weighted by atomic mass is 10.0. The molecule has 0 aliphatic rings. The van der Waals surface area contributed by atoms with E-state index in [4.69, 9.17) is 5.73 Å². The second-order valence-corrected chi connectivity index (χ2v) is 5.65. The summed E-state index contributed by atoms with van der Waals surface area (Å²) in [5.74, 6) is 0.442. The van der Waals surface area contributed by atoms with Crippen LogP contribution >= 0.6 is 0 Å². The summed E-state index contributed by atoms with van der Waals surface area (Å²) < 4.78 is 0. The number of carbonyl (C=O) groups excluding carboxylic acids is 1. The highest BCUT2D eigenvalue weighted by molar-refractivity contribution is 5.94. The molecule has 0 aliphatic carbocycles. The summed E-state index contributed by atoms with van der Waals surface area (Å²) in [6, 6.07) is 13.7. The van der Waals surface area contributed by atoms with Crippen LogP contribution in [0, 0.1) is 6.92 Å². The topological polar surface area (TPSA) is 55.1 Å². The van der Waals surface area contributed by atoms with Gasteiger partial charge in [-0.25, -0.2) is 0 Å². The summed E-state index contributed by atoms with van der Waals surface area (Å²) >= 11 is 0. The molecule has 1 amide bonds. The molecule has 3 nitrogen and oxygen atoms in total. The Morgan fingerprint density at radius 3 is 2.38 bits per heavy atom. The van der Waals surface area contributed by atoms with Gasteiger partial charge in [0.25, 0.3) is 5.91 Å². The van der Waals surface area contributed by atoms with E-state index >= 15 is 0 Å². The molecule has 3 N–H and O–H groups in total. The van der Waals surface area contributed by atoms with Crippen LogP contribution in [-0.4, -0.2) is 5.91 Å². The zero-order valence-corrected chi connectivity index (χ0v) is 12.8. The molecule has 0 fully saturated rings. The summed E-state index contributed by atoms with van der Waals surface area (Å²) in [5.41, 5.74) is 10.4. The molecule has 0 aromatic heterocycles. The van der Waals surface area contributed by atoms with Gasteiger partial charge in [0.15, 0.2) is 0 Å². The van der Waals surface area contributed by atoms with Gasteiger partial charge in [0.1, 0.15) is 0 Å². The first-order valence-corrected chi connectivity index (χ1v) is 7.20. The van der Waals surface area contributed by atoms with Crippen molar-refractivity contribution >= 4 is 11.6 Å². The molecule has 3 heteroatoms. The second-order valence-electron chi connectivity index (χ2n) is 5.65. The van der Waals surface area contributed by atoms with Crippen molar-refractivity contribution in [3.8, 4) is 0 Å². The van der Waals surface area contributed by atoms with E-state index < -0.39 is 0 Å². The van der Waals surface area contributed by atoms with Gasteiger partial charge in [-0.1, -0.05) is 38.1 Å². The Morgan fingerprint density at radius 2 is 1.81 bits per heavy atom. The van der Waals surface area contributed by atoms with Gasteiger partial charge in [-0.3, -0.25) is 4.79 Å². The van der Waals surface area contributed by atoms with Crippen molar-refractivity contribution in [3.05, 3.63) is 64.7 Å². The fourth-order valence-corrected chi connectivity index (χ4v) is 2.12. The molecule has 0 unspecified atom stereocenters. The number of hydrogen-bond donors (Lipinski definition) is 2. The first kappa shape index (κ1) is 15.1. The largest absolute Gasteiger partial charge is 0.399 e. The lowest BCUT2D eigenvalue weighted by molar-refractivity contribution is 0.0951. The minimum absolute atomic E-state index is 0.0777. The molecule has 0 saturated carbocycles. The number of carbonyl (C=O) groups is 1. The maximum atomic E-state index is 12.1. The molecule has 0 atom stereocenters. The van der Waals surface area contributed by atoms with Crippen molar-refractivity contribution in [2.45, 2.75) is 33.2 Å². The van der Waals surface area contributed by atoms with Gasteiger partial charge in [0.05, 0.1) is 0 Å². The molecule has 2 aromatic carbocycles. The maximum absolute atomic E-state index is 12.1. The highest BCUT2D eigenvalue weighted by Gasteiger charge is 2.07. The minimum atomic E-state index is -0.0777. The monoisotopic (exact) mass is 282 g/mol. The number of hydrogen-bond acceptors (Lipinski definition) is 2. The van der Waals surface area contributed by atoms with Gasteiger partial charge in [0.2, 0.25) is 0 Å². The van der Waals surface area contributed by atoms with Crippen LogP contribution in [0.25, 0.3) is 0 Å². The fourth-order valence-electron chi connectivity index (χ4n) is 2.12. The van der Waals surface area contributed by atoms with Crippen LogP contribution in [0.4, 0.5) is 5.69 Å². The number of benzene rings is 2. The Morgan fingerprint density at radius 1 is 1.14 bits per heavy atom. The number of aryl methyl sites for hydroxylation is 1. The zero-order chi connectivity index (χ0) is 15.4. The first-order valence-electron chi connectivity index (χ1n) is 7.20. The molecule has 0 radical (unpaired) electrons. The Balaban J connectivity index is 1.98. The van der Waals surface area contributed by atoms with Crippen LogP contribution in [0.3, 0.4) is 0 Å². The Bertz CT molecular complexity index is 630. The highest BCUT2D eigenvalue weighted by atomic mass is 16.1. The van der Waals surface area contributed by atoms with Gasteiger partial charge in [-0.05, 0) is 47.7 Å². The van der Waals surface area contributed by atoms with Crippen LogP contribution in [0.1, 0.15) is 46.8 Å². The molecule has 0 aliphatic heterocycles. The van der Waals surface area contributed by atoms with Gasteiger partial charge in [-0.2, -0.15) is 0 Å². The normalized spacial score (nSPS) is 10.7. The van der Waals surface area contributed by atoms with Crippen molar-refractivity contribution in [2.75, 3.05) is 5.73 Å². The molecular weight excluding hydrogens is 260 g/mol. The minimum Gasteiger partial charge on any atom is -0.399 e. The summed E-state index contributed by atoms with van der Waals surface area (Å²) in [5, 5.41) is 2.93. The van der Waals surface area contributed by atoms with E-state index in [2.05, 4.69) is 43.4 Å². The quantitative estimate of drug-likeness (QED) is 0.841.